The quantitative estimate of drug-likeness (QED) is 0.442. The van der Waals surface area contributed by atoms with Crippen LogP contribution in [0.2, 0.25) is 5.02 Å². The second-order valence-corrected chi connectivity index (χ2v) is 7.81. The zero-order valence-electron chi connectivity index (χ0n) is 13.1. The van der Waals surface area contributed by atoms with Crippen LogP contribution < -0.4 is 10.1 Å². The van der Waals surface area contributed by atoms with Gasteiger partial charge < -0.3 is 10.1 Å². The van der Waals surface area contributed by atoms with Gasteiger partial charge >= 0.3 is 0 Å². The number of hydrogen-bond donors (Lipinski definition) is 1. The summed E-state index contributed by atoms with van der Waals surface area (Å²) in [6.45, 7) is 1.70. The number of aromatic nitrogens is 1. The topological polar surface area (TPSA) is 51.2 Å². The lowest BCUT2D eigenvalue weighted by Gasteiger charge is -2.17. The average molecular weight is 532 g/mol. The first kappa shape index (κ1) is 18.4. The molecule has 1 amide bonds. The van der Waals surface area contributed by atoms with Crippen molar-refractivity contribution < 1.29 is 9.53 Å². The number of ether oxygens (including phenoxy) is 1. The maximum Gasteiger partial charge on any atom is 0.265 e. The smallest absolute Gasteiger partial charge is 0.265 e. The summed E-state index contributed by atoms with van der Waals surface area (Å²) in [5.41, 5.74) is 1.35. The van der Waals surface area contributed by atoms with Gasteiger partial charge in [-0.1, -0.05) is 27.5 Å². The number of nitrogens with one attached hydrogen (secondary N) is 1. The van der Waals surface area contributed by atoms with Crippen LogP contribution in [0.5, 0.6) is 5.75 Å². The van der Waals surface area contributed by atoms with Crippen LogP contribution in [0.25, 0.3) is 10.9 Å². The Hall–Kier alpha value is -1.38. The first-order valence-electron chi connectivity index (χ1n) is 7.41. The third-order valence-electron chi connectivity index (χ3n) is 3.53. The zero-order chi connectivity index (χ0) is 18.0. The first-order chi connectivity index (χ1) is 12.0. The van der Waals surface area contributed by atoms with Crippen molar-refractivity contribution in [1.82, 2.24) is 4.98 Å². The second kappa shape index (κ2) is 7.88. The van der Waals surface area contributed by atoms with E-state index in [0.717, 1.165) is 13.4 Å². The summed E-state index contributed by atoms with van der Waals surface area (Å²) in [5.74, 6) is 0.316. The Bertz CT molecular complexity index is 934. The van der Waals surface area contributed by atoms with E-state index in [0.29, 0.717) is 22.0 Å². The Morgan fingerprint density at radius 2 is 2.04 bits per heavy atom. The van der Waals surface area contributed by atoms with Gasteiger partial charge in [0.15, 0.2) is 11.9 Å². The predicted molar refractivity (Wildman–Crippen MR) is 112 cm³/mol. The lowest BCUT2D eigenvalue weighted by atomic mass is 10.2. The van der Waals surface area contributed by atoms with Crippen molar-refractivity contribution in [1.29, 1.82) is 0 Å². The fraction of sp³-hybridized carbons (Fsp3) is 0.111. The van der Waals surface area contributed by atoms with E-state index in [4.69, 9.17) is 16.3 Å². The van der Waals surface area contributed by atoms with Crippen LogP contribution in [0.15, 0.2) is 53.1 Å². The average Bonchev–Trinajstić information content (AvgIpc) is 2.60. The molecule has 3 rings (SSSR count). The molecule has 0 unspecified atom stereocenters. The van der Waals surface area contributed by atoms with Crippen LogP contribution >= 0.6 is 50.1 Å². The molecule has 0 aliphatic carbocycles. The number of hydrogen-bond acceptors (Lipinski definition) is 3. The molecular formula is C18H13BrClIN2O2. The highest BCUT2D eigenvalue weighted by Gasteiger charge is 2.19. The van der Waals surface area contributed by atoms with Gasteiger partial charge in [0.25, 0.3) is 5.91 Å². The van der Waals surface area contributed by atoms with E-state index in [9.17, 15) is 4.79 Å². The fourth-order valence-corrected chi connectivity index (χ4v) is 3.67. The predicted octanol–water partition coefficient (Wildman–Crippen LogP) is 5.66. The van der Waals surface area contributed by atoms with Crippen molar-refractivity contribution in [3.8, 4) is 5.75 Å². The van der Waals surface area contributed by atoms with Crippen LogP contribution in [-0.2, 0) is 4.79 Å². The molecule has 4 nitrogen and oxygen atoms in total. The molecule has 1 N–H and O–H groups in total. The number of anilines is 1. The molecule has 3 aromatic rings. The van der Waals surface area contributed by atoms with Crippen molar-refractivity contribution in [2.75, 3.05) is 5.32 Å². The summed E-state index contributed by atoms with van der Waals surface area (Å²) in [7, 11) is 0. The highest BCUT2D eigenvalue weighted by molar-refractivity contribution is 14.1. The number of carbonyl (C=O) groups excluding carboxylic acids is 1. The third kappa shape index (κ3) is 4.24. The van der Waals surface area contributed by atoms with Crippen molar-refractivity contribution >= 4 is 72.6 Å². The number of pyridine rings is 1. The second-order valence-electron chi connectivity index (χ2n) is 5.33. The number of amides is 1. The summed E-state index contributed by atoms with van der Waals surface area (Å²) in [6, 6.07) is 12.9. The van der Waals surface area contributed by atoms with Crippen molar-refractivity contribution in [2.45, 2.75) is 13.0 Å². The molecule has 1 aromatic heterocycles. The van der Waals surface area contributed by atoms with E-state index in [1.54, 1.807) is 19.2 Å². The number of rotatable bonds is 4. The molecule has 128 valence electrons. The van der Waals surface area contributed by atoms with Gasteiger partial charge in [-0.2, -0.15) is 0 Å². The molecule has 0 saturated carbocycles. The Labute approximate surface area is 172 Å². The van der Waals surface area contributed by atoms with Crippen LogP contribution in [0.1, 0.15) is 6.92 Å². The summed E-state index contributed by atoms with van der Waals surface area (Å²) in [6.07, 6.45) is 0.984. The number of nitrogens with zero attached hydrogens (tertiary/aromatic N) is 1. The monoisotopic (exact) mass is 530 g/mol. The molecule has 0 aliphatic heterocycles. The Morgan fingerprint density at radius 3 is 2.76 bits per heavy atom. The first-order valence-corrected chi connectivity index (χ1v) is 9.66. The van der Waals surface area contributed by atoms with E-state index in [1.807, 2.05) is 36.4 Å². The number of benzene rings is 2. The standard InChI is InChI=1S/C18H13BrClIN2O2/c1-10(18(24)23-12-6-4-11(19)5-7-12)25-17-15(21)9-14(20)13-3-2-8-22-16(13)17/h2-10H,1H3,(H,23,24)/t10-/m1/s1. The molecule has 25 heavy (non-hydrogen) atoms. The molecule has 0 bridgehead atoms. The number of fused-ring (bicyclic) bond motifs is 1. The number of carbonyl (C=O) groups is 1. The summed E-state index contributed by atoms with van der Waals surface area (Å²) >= 11 is 11.8. The highest BCUT2D eigenvalue weighted by atomic mass is 127. The van der Waals surface area contributed by atoms with Crippen molar-refractivity contribution in [3.05, 3.63) is 61.7 Å². The van der Waals surface area contributed by atoms with Gasteiger partial charge in [-0.15, -0.1) is 0 Å². The van der Waals surface area contributed by atoms with Gasteiger partial charge in [0.05, 0.1) is 8.59 Å². The minimum Gasteiger partial charge on any atom is -0.477 e. The number of halogens is 3. The minimum absolute atomic E-state index is 0.239. The van der Waals surface area contributed by atoms with Crippen LogP contribution in [0.4, 0.5) is 5.69 Å². The fourth-order valence-electron chi connectivity index (χ4n) is 2.27. The molecule has 7 heteroatoms. The molecule has 1 heterocycles. The lowest BCUT2D eigenvalue weighted by molar-refractivity contribution is -0.122. The molecule has 2 aromatic carbocycles. The SMILES string of the molecule is C[C@@H](Oc1c(I)cc(Cl)c2cccnc12)C(=O)Nc1ccc(Br)cc1. The summed E-state index contributed by atoms with van der Waals surface area (Å²) < 4.78 is 7.67. The zero-order valence-corrected chi connectivity index (χ0v) is 17.6. The Balaban J connectivity index is 1.83. The molecule has 0 aliphatic rings. The van der Waals surface area contributed by atoms with Gasteiger partial charge in [0, 0.05) is 21.7 Å². The molecule has 0 saturated heterocycles. The molecule has 0 fully saturated rings. The third-order valence-corrected chi connectivity index (χ3v) is 5.17. The van der Waals surface area contributed by atoms with E-state index in [2.05, 4.69) is 48.8 Å². The van der Waals surface area contributed by atoms with Crippen molar-refractivity contribution in [2.24, 2.45) is 0 Å². The minimum atomic E-state index is -0.691. The maximum absolute atomic E-state index is 12.4. The molecule has 0 spiro atoms. The Morgan fingerprint density at radius 1 is 1.32 bits per heavy atom. The lowest BCUT2D eigenvalue weighted by Crippen LogP contribution is -2.30. The maximum atomic E-state index is 12.4. The van der Waals surface area contributed by atoms with Gasteiger partial charge in [0.2, 0.25) is 0 Å². The van der Waals surface area contributed by atoms with E-state index in [-0.39, 0.29) is 5.91 Å². The summed E-state index contributed by atoms with van der Waals surface area (Å²) in [5, 5.41) is 4.23. The largest absolute Gasteiger partial charge is 0.477 e. The van der Waals surface area contributed by atoms with Gasteiger partial charge in [-0.25, -0.2) is 0 Å². The van der Waals surface area contributed by atoms with Gasteiger partial charge in [0.1, 0.15) is 5.52 Å². The van der Waals surface area contributed by atoms with Crippen LogP contribution in [0.3, 0.4) is 0 Å². The molecule has 0 radical (unpaired) electrons. The highest BCUT2D eigenvalue weighted by Crippen LogP contribution is 2.35. The van der Waals surface area contributed by atoms with Crippen LogP contribution in [-0.4, -0.2) is 17.0 Å². The molecule has 1 atom stereocenters. The normalized spacial score (nSPS) is 12.0. The van der Waals surface area contributed by atoms with Crippen molar-refractivity contribution in [3.63, 3.8) is 0 Å². The van der Waals surface area contributed by atoms with E-state index >= 15 is 0 Å². The van der Waals surface area contributed by atoms with Gasteiger partial charge in [-0.05, 0) is 72.0 Å². The van der Waals surface area contributed by atoms with E-state index < -0.39 is 6.10 Å². The Kier molecular flexibility index (Phi) is 5.81. The van der Waals surface area contributed by atoms with E-state index in [1.165, 1.54) is 0 Å². The van der Waals surface area contributed by atoms with Crippen LogP contribution in [0, 0.1) is 3.57 Å². The molecular weight excluding hydrogens is 518 g/mol. The van der Waals surface area contributed by atoms with Gasteiger partial charge in [-0.3, -0.25) is 9.78 Å². The summed E-state index contributed by atoms with van der Waals surface area (Å²) in [4.78, 5) is 16.8.